The van der Waals surface area contributed by atoms with Crippen molar-refractivity contribution in [1.29, 1.82) is 0 Å². The van der Waals surface area contributed by atoms with Crippen LogP contribution in [0.1, 0.15) is 59.2 Å². The SMILES string of the molecule is C=CC(=C)N1CCc2ccccc2C1c1ccccc1.C=CCN1Cc2ccccc2C(c2ccccc2)C1.CC. The zero-order chi connectivity index (χ0) is 29.0. The van der Waals surface area contributed by atoms with Gasteiger partial charge in [0.25, 0.3) is 0 Å². The molecule has 2 heteroatoms. The lowest BCUT2D eigenvalue weighted by Crippen LogP contribution is -2.34. The van der Waals surface area contributed by atoms with E-state index in [1.165, 1.54) is 33.4 Å². The van der Waals surface area contributed by atoms with Gasteiger partial charge in [0.1, 0.15) is 0 Å². The molecule has 2 nitrogen and oxygen atoms in total. The van der Waals surface area contributed by atoms with Crippen molar-refractivity contribution in [1.82, 2.24) is 9.80 Å². The molecule has 2 unspecified atom stereocenters. The van der Waals surface area contributed by atoms with Crippen LogP contribution >= 0.6 is 0 Å². The van der Waals surface area contributed by atoms with E-state index in [4.69, 9.17) is 0 Å². The summed E-state index contributed by atoms with van der Waals surface area (Å²) < 4.78 is 0. The highest BCUT2D eigenvalue weighted by molar-refractivity contribution is 5.42. The Bertz CT molecular complexity index is 1410. The topological polar surface area (TPSA) is 6.48 Å². The number of hydrogen-bond donors (Lipinski definition) is 0. The van der Waals surface area contributed by atoms with Crippen LogP contribution in [-0.4, -0.2) is 29.4 Å². The molecule has 0 amide bonds. The van der Waals surface area contributed by atoms with E-state index in [0.717, 1.165) is 38.3 Å². The van der Waals surface area contributed by atoms with Crippen molar-refractivity contribution < 1.29 is 0 Å². The first-order valence-electron chi connectivity index (χ1n) is 14.9. The summed E-state index contributed by atoms with van der Waals surface area (Å²) in [5.74, 6) is 0.478. The molecule has 4 aromatic rings. The maximum absolute atomic E-state index is 4.15. The van der Waals surface area contributed by atoms with Gasteiger partial charge in [-0.25, -0.2) is 0 Å². The Morgan fingerprint density at radius 3 is 1.93 bits per heavy atom. The summed E-state index contributed by atoms with van der Waals surface area (Å²) in [5.41, 5.74) is 9.46. The first-order chi connectivity index (χ1) is 20.2. The number of rotatable bonds is 6. The largest absolute Gasteiger partial charge is 0.361 e. The maximum Gasteiger partial charge on any atom is 0.0798 e. The Kier molecular flexibility index (Phi) is 10.9. The lowest BCUT2D eigenvalue weighted by Gasteiger charge is -2.39. The first-order valence-corrected chi connectivity index (χ1v) is 14.9. The Balaban J connectivity index is 0.000000178. The van der Waals surface area contributed by atoms with Gasteiger partial charge >= 0.3 is 0 Å². The van der Waals surface area contributed by atoms with Gasteiger partial charge in [0.15, 0.2) is 0 Å². The zero-order valence-electron chi connectivity index (χ0n) is 24.8. The minimum Gasteiger partial charge on any atom is -0.361 e. The number of nitrogens with zero attached hydrogens (tertiary/aromatic N) is 2. The van der Waals surface area contributed by atoms with Crippen molar-refractivity contribution in [3.05, 3.63) is 180 Å². The molecule has 0 radical (unpaired) electrons. The molecule has 4 aromatic carbocycles. The van der Waals surface area contributed by atoms with E-state index in [-0.39, 0.29) is 6.04 Å². The van der Waals surface area contributed by atoms with Gasteiger partial charge in [-0.05, 0) is 45.9 Å². The average molecular weight is 541 g/mol. The second-order valence-electron chi connectivity index (χ2n) is 10.3. The van der Waals surface area contributed by atoms with Gasteiger partial charge in [0.2, 0.25) is 0 Å². The highest BCUT2D eigenvalue weighted by Crippen LogP contribution is 2.37. The number of hydrogen-bond acceptors (Lipinski definition) is 2. The molecule has 2 atom stereocenters. The quantitative estimate of drug-likeness (QED) is 0.178. The van der Waals surface area contributed by atoms with Gasteiger partial charge < -0.3 is 4.90 Å². The molecule has 0 aliphatic carbocycles. The van der Waals surface area contributed by atoms with Gasteiger partial charge in [-0.2, -0.15) is 0 Å². The summed E-state index contributed by atoms with van der Waals surface area (Å²) in [6, 6.07) is 39.2. The molecule has 6 rings (SSSR count). The normalized spacial score (nSPS) is 17.4. The molecule has 0 saturated heterocycles. The van der Waals surface area contributed by atoms with Crippen LogP contribution in [0, 0.1) is 0 Å². The van der Waals surface area contributed by atoms with Crippen molar-refractivity contribution in [2.45, 2.75) is 38.8 Å². The van der Waals surface area contributed by atoms with E-state index in [1.54, 1.807) is 0 Å². The summed E-state index contributed by atoms with van der Waals surface area (Å²) in [5, 5.41) is 0. The Hall–Kier alpha value is -4.14. The third-order valence-corrected chi connectivity index (χ3v) is 7.86. The molecule has 0 aromatic heterocycles. The van der Waals surface area contributed by atoms with Crippen molar-refractivity contribution in [2.24, 2.45) is 0 Å². The van der Waals surface area contributed by atoms with Crippen LogP contribution in [0.2, 0.25) is 0 Å². The number of benzene rings is 4. The summed E-state index contributed by atoms with van der Waals surface area (Å²) in [4.78, 5) is 4.82. The molecular weight excluding hydrogens is 496 g/mol. The molecule has 0 fully saturated rings. The molecule has 41 heavy (non-hydrogen) atoms. The summed E-state index contributed by atoms with van der Waals surface area (Å²) in [6.45, 7) is 20.0. The van der Waals surface area contributed by atoms with Crippen LogP contribution in [0.4, 0.5) is 0 Å². The minimum atomic E-state index is 0.242. The molecular formula is C39H44N2. The van der Waals surface area contributed by atoms with Gasteiger partial charge in [0.05, 0.1) is 6.04 Å². The minimum absolute atomic E-state index is 0.242. The summed E-state index contributed by atoms with van der Waals surface area (Å²) in [6.07, 6.45) is 4.91. The molecule has 2 heterocycles. The summed E-state index contributed by atoms with van der Waals surface area (Å²) in [7, 11) is 0. The Labute approximate surface area is 248 Å². The van der Waals surface area contributed by atoms with Crippen molar-refractivity contribution in [3.8, 4) is 0 Å². The van der Waals surface area contributed by atoms with Gasteiger partial charge in [0, 0.05) is 37.8 Å². The van der Waals surface area contributed by atoms with Crippen molar-refractivity contribution in [2.75, 3.05) is 19.6 Å². The molecule has 0 saturated carbocycles. The smallest absolute Gasteiger partial charge is 0.0798 e. The van der Waals surface area contributed by atoms with E-state index in [9.17, 15) is 0 Å². The third kappa shape index (κ3) is 7.14. The van der Waals surface area contributed by atoms with Crippen LogP contribution in [0.5, 0.6) is 0 Å². The van der Waals surface area contributed by atoms with Crippen molar-refractivity contribution in [3.63, 3.8) is 0 Å². The van der Waals surface area contributed by atoms with Gasteiger partial charge in [-0.15, -0.1) is 6.58 Å². The van der Waals surface area contributed by atoms with E-state index in [1.807, 2.05) is 26.0 Å². The highest BCUT2D eigenvalue weighted by Gasteiger charge is 2.28. The fourth-order valence-corrected chi connectivity index (χ4v) is 5.96. The van der Waals surface area contributed by atoms with Gasteiger partial charge in [-0.3, -0.25) is 4.90 Å². The van der Waals surface area contributed by atoms with E-state index in [2.05, 4.69) is 139 Å². The van der Waals surface area contributed by atoms with Crippen LogP contribution < -0.4 is 0 Å². The zero-order valence-corrected chi connectivity index (χ0v) is 24.8. The van der Waals surface area contributed by atoms with Gasteiger partial charge in [-0.1, -0.05) is 142 Å². The van der Waals surface area contributed by atoms with Crippen molar-refractivity contribution >= 4 is 0 Å². The number of allylic oxidation sites excluding steroid dienone is 1. The molecule has 2 aliphatic heterocycles. The van der Waals surface area contributed by atoms with E-state index in [0.29, 0.717) is 5.92 Å². The monoisotopic (exact) mass is 540 g/mol. The van der Waals surface area contributed by atoms with E-state index >= 15 is 0 Å². The average Bonchev–Trinajstić information content (AvgIpc) is 3.05. The Morgan fingerprint density at radius 2 is 1.29 bits per heavy atom. The molecule has 0 bridgehead atoms. The molecule has 0 spiro atoms. The van der Waals surface area contributed by atoms with Crippen LogP contribution in [0.15, 0.2) is 147 Å². The molecule has 210 valence electrons. The predicted octanol–water partition coefficient (Wildman–Crippen LogP) is 9.18. The lowest BCUT2D eigenvalue weighted by molar-refractivity contribution is 0.266. The second-order valence-corrected chi connectivity index (χ2v) is 10.3. The molecule has 2 aliphatic rings. The first kappa shape index (κ1) is 29.8. The summed E-state index contributed by atoms with van der Waals surface area (Å²) >= 11 is 0. The fraction of sp³-hybridized carbons (Fsp3) is 0.231. The molecule has 0 N–H and O–H groups in total. The third-order valence-electron chi connectivity index (χ3n) is 7.86. The number of fused-ring (bicyclic) bond motifs is 2. The second kappa shape index (κ2) is 15.0. The fourth-order valence-electron chi connectivity index (χ4n) is 5.96. The van der Waals surface area contributed by atoms with Crippen LogP contribution in [0.3, 0.4) is 0 Å². The van der Waals surface area contributed by atoms with Crippen LogP contribution in [0.25, 0.3) is 0 Å². The Morgan fingerprint density at radius 1 is 0.732 bits per heavy atom. The highest BCUT2D eigenvalue weighted by atomic mass is 15.2. The van der Waals surface area contributed by atoms with E-state index < -0.39 is 0 Å². The van der Waals surface area contributed by atoms with Crippen LogP contribution in [-0.2, 0) is 13.0 Å². The predicted molar refractivity (Wildman–Crippen MR) is 176 cm³/mol. The standard InChI is InChI=1S/C19H19N.C18H19N.C2H6/c1-3-15(2)20-14-13-16-9-7-8-12-18(16)19(20)17-10-5-4-6-11-17;1-2-12-19-13-16-10-6-7-11-17(16)18(14-19)15-8-4-3-5-9-15;1-2/h3-12,19H,1-2,13-14H2;2-11,18H,1,12-14H2;1-2H3. The maximum atomic E-state index is 4.15. The lowest BCUT2D eigenvalue weighted by atomic mass is 9.85.